The van der Waals surface area contributed by atoms with Gasteiger partial charge in [-0.25, -0.2) is 0 Å². The lowest BCUT2D eigenvalue weighted by Crippen LogP contribution is -2.14. The van der Waals surface area contributed by atoms with Crippen LogP contribution in [0.1, 0.15) is 43.2 Å². The Morgan fingerprint density at radius 1 is 0.783 bits per heavy atom. The van der Waals surface area contributed by atoms with Gasteiger partial charge in [0.25, 0.3) is 0 Å². The molecule has 0 N–H and O–H groups in total. The number of benzene rings is 2. The van der Waals surface area contributed by atoms with Crippen molar-refractivity contribution in [1.82, 2.24) is 0 Å². The number of hydrogen-bond acceptors (Lipinski definition) is 0. The average Bonchev–Trinajstić information content (AvgIpc) is 2.61. The van der Waals surface area contributed by atoms with Gasteiger partial charge in [0.05, 0.1) is 0 Å². The van der Waals surface area contributed by atoms with Crippen molar-refractivity contribution in [1.29, 1.82) is 0 Å². The highest BCUT2D eigenvalue weighted by molar-refractivity contribution is 6.08. The van der Waals surface area contributed by atoms with Crippen LogP contribution >= 0.6 is 0 Å². The fourth-order valence-electron chi connectivity index (χ4n) is 3.91. The van der Waals surface area contributed by atoms with Gasteiger partial charge in [0, 0.05) is 10.2 Å². The predicted octanol–water partition coefficient (Wildman–Crippen LogP) is 5.18. The van der Waals surface area contributed by atoms with E-state index in [-0.39, 0.29) is 0 Å². The van der Waals surface area contributed by atoms with Gasteiger partial charge in [-0.1, -0.05) is 85.8 Å². The molecule has 2 aromatic rings. The largest absolute Gasteiger partial charge is 0.0631 e. The van der Waals surface area contributed by atoms with E-state index < -0.39 is 0 Å². The monoisotopic (exact) mass is 322 g/mol. The van der Waals surface area contributed by atoms with E-state index in [0.717, 1.165) is 11.8 Å². The zero-order chi connectivity index (χ0) is 16.1. The van der Waals surface area contributed by atoms with Crippen molar-refractivity contribution in [2.24, 2.45) is 11.8 Å². The normalized spacial score (nSPS) is 21.4. The Balaban J connectivity index is 1.53. The van der Waals surface area contributed by atoms with Crippen LogP contribution in [-0.2, 0) is 6.42 Å². The van der Waals surface area contributed by atoms with Crippen LogP contribution in [0.2, 0.25) is 6.04 Å². The van der Waals surface area contributed by atoms with Crippen molar-refractivity contribution in [3.05, 3.63) is 59.7 Å². The van der Waals surface area contributed by atoms with E-state index in [9.17, 15) is 0 Å². The van der Waals surface area contributed by atoms with Crippen LogP contribution in [0.25, 0.3) is 11.1 Å². The molecule has 3 rings (SSSR count). The molecule has 122 valence electrons. The highest BCUT2D eigenvalue weighted by atomic mass is 28.1. The Bertz CT molecular complexity index is 589. The van der Waals surface area contributed by atoms with Crippen molar-refractivity contribution < 1.29 is 0 Å². The van der Waals surface area contributed by atoms with Gasteiger partial charge < -0.3 is 0 Å². The maximum atomic E-state index is 2.33. The maximum Gasteiger partial charge on any atom is 0.00314 e. The summed E-state index contributed by atoms with van der Waals surface area (Å²) >= 11 is 0. The summed E-state index contributed by atoms with van der Waals surface area (Å²) in [4.78, 5) is 0. The molecule has 2 aromatic carbocycles. The quantitative estimate of drug-likeness (QED) is 0.665. The first-order chi connectivity index (χ1) is 11.2. The van der Waals surface area contributed by atoms with Crippen LogP contribution in [0, 0.1) is 18.8 Å². The minimum Gasteiger partial charge on any atom is -0.0631 e. The summed E-state index contributed by atoms with van der Waals surface area (Å²) in [5.41, 5.74) is 5.49. The van der Waals surface area contributed by atoms with Crippen molar-refractivity contribution in [3.63, 3.8) is 0 Å². The molecule has 0 radical (unpaired) electrons. The van der Waals surface area contributed by atoms with Gasteiger partial charge in [-0.05, 0) is 48.3 Å². The van der Waals surface area contributed by atoms with E-state index in [4.69, 9.17) is 0 Å². The molecule has 0 amide bonds. The second-order valence-corrected chi connectivity index (χ2v) is 8.21. The van der Waals surface area contributed by atoms with Crippen LogP contribution < -0.4 is 0 Å². The van der Waals surface area contributed by atoms with Crippen molar-refractivity contribution in [2.45, 2.75) is 51.5 Å². The predicted molar refractivity (Wildman–Crippen MR) is 105 cm³/mol. The molecule has 0 aliphatic heterocycles. The number of aryl methyl sites for hydroxylation is 2. The van der Waals surface area contributed by atoms with Crippen LogP contribution in [0.15, 0.2) is 48.5 Å². The fourth-order valence-corrected chi connectivity index (χ4v) is 4.73. The van der Waals surface area contributed by atoms with Crippen molar-refractivity contribution >= 4 is 10.2 Å². The highest BCUT2D eigenvalue weighted by Crippen LogP contribution is 2.33. The lowest BCUT2D eigenvalue weighted by atomic mass is 9.80. The molecule has 1 saturated carbocycles. The lowest BCUT2D eigenvalue weighted by Gasteiger charge is -2.27. The Labute approximate surface area is 144 Å². The molecule has 0 aromatic heterocycles. The zero-order valence-electron chi connectivity index (χ0n) is 14.7. The Hall–Kier alpha value is -1.34. The first-order valence-corrected chi connectivity index (χ1v) is 10.8. The molecule has 1 heteroatoms. The van der Waals surface area contributed by atoms with Crippen LogP contribution in [0.4, 0.5) is 0 Å². The van der Waals surface area contributed by atoms with Gasteiger partial charge in [-0.2, -0.15) is 0 Å². The standard InChI is InChI=1S/C22H30Si/c1-17-2-12-21(13-3-17)22-14-10-19(11-15-22)5-4-18-6-8-20(16-23)9-7-18/h2-3,10-15,18,20H,4-9,16H2,1,23H3. The number of rotatable bonds is 5. The third-order valence-electron chi connectivity index (χ3n) is 5.72. The Morgan fingerprint density at radius 2 is 1.30 bits per heavy atom. The van der Waals surface area contributed by atoms with Gasteiger partial charge in [-0.3, -0.25) is 0 Å². The zero-order valence-corrected chi connectivity index (χ0v) is 16.7. The molecule has 0 nitrogen and oxygen atoms in total. The van der Waals surface area contributed by atoms with E-state index in [0.29, 0.717) is 0 Å². The summed E-state index contributed by atoms with van der Waals surface area (Å²) in [6, 6.07) is 19.6. The molecule has 1 aliphatic carbocycles. The van der Waals surface area contributed by atoms with E-state index >= 15 is 0 Å². The third kappa shape index (κ3) is 4.57. The molecule has 0 spiro atoms. The summed E-state index contributed by atoms with van der Waals surface area (Å²) in [6.45, 7) is 2.14. The van der Waals surface area contributed by atoms with Crippen LogP contribution in [0.5, 0.6) is 0 Å². The molecular formula is C22H30Si. The first kappa shape index (κ1) is 16.5. The minimum absolute atomic E-state index is 0.983. The summed E-state index contributed by atoms with van der Waals surface area (Å²) in [5.74, 6) is 2.06. The van der Waals surface area contributed by atoms with E-state index in [2.05, 4.69) is 55.5 Å². The fraction of sp³-hybridized carbons (Fsp3) is 0.455. The van der Waals surface area contributed by atoms with Crippen molar-refractivity contribution in [2.75, 3.05) is 0 Å². The highest BCUT2D eigenvalue weighted by Gasteiger charge is 2.19. The second kappa shape index (κ2) is 7.96. The summed E-state index contributed by atoms with van der Waals surface area (Å²) < 4.78 is 0. The molecule has 0 bridgehead atoms. The molecule has 1 fully saturated rings. The van der Waals surface area contributed by atoms with Gasteiger partial charge in [0.2, 0.25) is 0 Å². The topological polar surface area (TPSA) is 0 Å². The maximum absolute atomic E-state index is 2.33. The van der Waals surface area contributed by atoms with E-state index in [1.807, 2.05) is 0 Å². The molecular weight excluding hydrogens is 292 g/mol. The van der Waals surface area contributed by atoms with Gasteiger partial charge in [0.1, 0.15) is 0 Å². The molecule has 0 atom stereocenters. The van der Waals surface area contributed by atoms with Gasteiger partial charge >= 0.3 is 0 Å². The van der Waals surface area contributed by atoms with E-state index in [1.54, 1.807) is 0 Å². The molecule has 1 aliphatic rings. The van der Waals surface area contributed by atoms with E-state index in [1.165, 1.54) is 77.1 Å². The first-order valence-electron chi connectivity index (χ1n) is 9.40. The summed E-state index contributed by atoms with van der Waals surface area (Å²) in [7, 11) is 1.39. The third-order valence-corrected chi connectivity index (χ3v) is 6.88. The van der Waals surface area contributed by atoms with Crippen molar-refractivity contribution in [3.8, 4) is 11.1 Å². The number of hydrogen-bond donors (Lipinski definition) is 0. The molecule has 0 saturated heterocycles. The molecule has 0 unspecified atom stereocenters. The summed E-state index contributed by atoms with van der Waals surface area (Å²) in [5, 5.41) is 0. The lowest BCUT2D eigenvalue weighted by molar-refractivity contribution is 0.278. The Kier molecular flexibility index (Phi) is 5.72. The van der Waals surface area contributed by atoms with Gasteiger partial charge in [-0.15, -0.1) is 0 Å². The second-order valence-electron chi connectivity index (χ2n) is 7.40. The molecule has 0 heterocycles. The minimum atomic E-state index is 0.983. The molecule has 23 heavy (non-hydrogen) atoms. The average molecular weight is 323 g/mol. The summed E-state index contributed by atoms with van der Waals surface area (Å²) in [6.07, 6.45) is 8.60. The van der Waals surface area contributed by atoms with Gasteiger partial charge in [0.15, 0.2) is 0 Å². The Morgan fingerprint density at radius 3 is 1.87 bits per heavy atom. The SMILES string of the molecule is Cc1ccc(-c2ccc(CCC3CCC(C[SiH3])CC3)cc2)cc1. The van der Waals surface area contributed by atoms with Crippen LogP contribution in [0.3, 0.4) is 0 Å². The van der Waals surface area contributed by atoms with Crippen LogP contribution in [-0.4, -0.2) is 10.2 Å². The smallest absolute Gasteiger partial charge is 0.00314 e.